The van der Waals surface area contributed by atoms with Gasteiger partial charge >= 0.3 is 7.12 Å². The van der Waals surface area contributed by atoms with Gasteiger partial charge in [-0.05, 0) is 71.4 Å². The SMILES string of the molecule is CCc1ccnc(OC2CCC(C)(B3OC(C)(C)C(C)(C)O3)CC2)c1. The smallest absolute Gasteiger partial charge is 0.464 e. The molecule has 0 spiro atoms. The molecule has 0 radical (unpaired) electrons. The van der Waals surface area contributed by atoms with Crippen molar-refractivity contribution in [2.24, 2.45) is 0 Å². The fourth-order valence-corrected chi connectivity index (χ4v) is 3.64. The van der Waals surface area contributed by atoms with Crippen LogP contribution in [0.15, 0.2) is 18.3 Å². The van der Waals surface area contributed by atoms with Crippen LogP contribution >= 0.6 is 0 Å². The minimum Gasteiger partial charge on any atom is -0.474 e. The Labute approximate surface area is 152 Å². The second kappa shape index (κ2) is 6.59. The van der Waals surface area contributed by atoms with E-state index in [2.05, 4.69) is 52.6 Å². The third kappa shape index (κ3) is 3.73. The molecule has 0 bridgehead atoms. The van der Waals surface area contributed by atoms with Crippen molar-refractivity contribution in [2.75, 3.05) is 0 Å². The van der Waals surface area contributed by atoms with Crippen molar-refractivity contribution < 1.29 is 14.0 Å². The fourth-order valence-electron chi connectivity index (χ4n) is 3.64. The predicted molar refractivity (Wildman–Crippen MR) is 101 cm³/mol. The molecule has 0 N–H and O–H groups in total. The average Bonchev–Trinajstić information content (AvgIpc) is 2.79. The number of nitrogens with zero attached hydrogens (tertiary/aromatic N) is 1. The van der Waals surface area contributed by atoms with Crippen molar-refractivity contribution in [1.82, 2.24) is 4.98 Å². The molecule has 2 heterocycles. The van der Waals surface area contributed by atoms with E-state index in [1.165, 1.54) is 5.56 Å². The standard InChI is InChI=1S/C20H32BNO3/c1-7-15-10-13-22-17(14-15)23-16-8-11-20(6,12-9-16)21-24-18(2,3)19(4,5)25-21/h10,13-14,16H,7-9,11-12H2,1-6H3. The van der Waals surface area contributed by atoms with Crippen molar-refractivity contribution >= 4 is 7.12 Å². The number of hydrogen-bond acceptors (Lipinski definition) is 4. The van der Waals surface area contributed by atoms with Gasteiger partial charge in [0.1, 0.15) is 6.10 Å². The van der Waals surface area contributed by atoms with Crippen LogP contribution in [-0.4, -0.2) is 29.4 Å². The summed E-state index contributed by atoms with van der Waals surface area (Å²) in [5.41, 5.74) is 0.736. The zero-order valence-electron chi connectivity index (χ0n) is 16.6. The highest BCUT2D eigenvalue weighted by atomic mass is 16.7. The molecule has 1 aliphatic carbocycles. The van der Waals surface area contributed by atoms with Crippen molar-refractivity contribution in [1.29, 1.82) is 0 Å². The molecule has 0 atom stereocenters. The Morgan fingerprint density at radius 3 is 2.28 bits per heavy atom. The second-order valence-corrected chi connectivity index (χ2v) is 8.92. The van der Waals surface area contributed by atoms with Crippen molar-refractivity contribution in [2.45, 2.75) is 96.3 Å². The Balaban J connectivity index is 1.59. The van der Waals surface area contributed by atoms with Gasteiger partial charge in [-0.1, -0.05) is 13.8 Å². The van der Waals surface area contributed by atoms with Crippen molar-refractivity contribution in [3.05, 3.63) is 23.9 Å². The molecule has 4 nitrogen and oxygen atoms in total. The van der Waals surface area contributed by atoms with Gasteiger partial charge in [0.25, 0.3) is 0 Å². The lowest BCUT2D eigenvalue weighted by Gasteiger charge is -2.38. The number of pyridine rings is 1. The molecule has 1 saturated heterocycles. The molecule has 25 heavy (non-hydrogen) atoms. The molecule has 1 aromatic heterocycles. The summed E-state index contributed by atoms with van der Waals surface area (Å²) in [5.74, 6) is 0.753. The Kier molecular flexibility index (Phi) is 4.93. The molecule has 0 aromatic carbocycles. The first-order valence-electron chi connectivity index (χ1n) is 9.62. The fraction of sp³-hybridized carbons (Fsp3) is 0.750. The van der Waals surface area contributed by atoms with Gasteiger partial charge < -0.3 is 14.0 Å². The van der Waals surface area contributed by atoms with E-state index in [-0.39, 0.29) is 29.7 Å². The molecule has 1 aromatic rings. The zero-order valence-corrected chi connectivity index (χ0v) is 16.6. The van der Waals surface area contributed by atoms with Gasteiger partial charge in [-0.3, -0.25) is 0 Å². The van der Waals surface area contributed by atoms with Crippen LogP contribution in [0.3, 0.4) is 0 Å². The summed E-state index contributed by atoms with van der Waals surface area (Å²) in [4.78, 5) is 4.36. The van der Waals surface area contributed by atoms with Crippen LogP contribution in [0.5, 0.6) is 5.88 Å². The van der Waals surface area contributed by atoms with E-state index >= 15 is 0 Å². The highest BCUT2D eigenvalue weighted by Gasteiger charge is 2.58. The minimum atomic E-state index is -0.265. The molecule has 1 aliphatic heterocycles. The van der Waals surface area contributed by atoms with E-state index in [0.717, 1.165) is 38.0 Å². The Hall–Kier alpha value is -1.07. The average molecular weight is 345 g/mol. The first-order valence-corrected chi connectivity index (χ1v) is 9.62. The molecule has 2 fully saturated rings. The molecule has 0 unspecified atom stereocenters. The predicted octanol–water partition coefficient (Wildman–Crippen LogP) is 4.82. The van der Waals surface area contributed by atoms with E-state index in [4.69, 9.17) is 14.0 Å². The lowest BCUT2D eigenvalue weighted by Crippen LogP contribution is -2.41. The molecule has 138 valence electrons. The summed E-state index contributed by atoms with van der Waals surface area (Å²) in [6.45, 7) is 12.9. The van der Waals surface area contributed by atoms with Crippen LogP contribution in [-0.2, 0) is 15.7 Å². The molecule has 1 saturated carbocycles. The van der Waals surface area contributed by atoms with Gasteiger partial charge in [-0.2, -0.15) is 0 Å². The Morgan fingerprint density at radius 1 is 1.12 bits per heavy atom. The summed E-state index contributed by atoms with van der Waals surface area (Å²) >= 11 is 0. The van der Waals surface area contributed by atoms with Gasteiger partial charge in [0.05, 0.1) is 11.2 Å². The summed E-state index contributed by atoms with van der Waals surface area (Å²) in [7, 11) is -0.139. The maximum atomic E-state index is 6.31. The van der Waals surface area contributed by atoms with Crippen LogP contribution in [0.25, 0.3) is 0 Å². The van der Waals surface area contributed by atoms with Crippen LogP contribution in [0.2, 0.25) is 5.31 Å². The normalized spacial score (nSPS) is 31.1. The van der Waals surface area contributed by atoms with Gasteiger partial charge in [-0.25, -0.2) is 4.98 Å². The first kappa shape index (κ1) is 18.7. The number of rotatable bonds is 4. The van der Waals surface area contributed by atoms with E-state index in [9.17, 15) is 0 Å². The number of hydrogen-bond donors (Lipinski definition) is 0. The van der Waals surface area contributed by atoms with E-state index < -0.39 is 0 Å². The highest BCUT2D eigenvalue weighted by molar-refractivity contribution is 6.49. The lowest BCUT2D eigenvalue weighted by atomic mass is 9.52. The molecular formula is C20H32BNO3. The van der Waals surface area contributed by atoms with Crippen molar-refractivity contribution in [3.8, 4) is 5.88 Å². The number of ether oxygens (including phenoxy) is 1. The first-order chi connectivity index (χ1) is 11.7. The van der Waals surface area contributed by atoms with Crippen LogP contribution in [0.1, 0.15) is 72.8 Å². The van der Waals surface area contributed by atoms with E-state index in [1.54, 1.807) is 0 Å². The van der Waals surface area contributed by atoms with E-state index in [0.29, 0.717) is 0 Å². The quantitative estimate of drug-likeness (QED) is 0.734. The monoisotopic (exact) mass is 345 g/mol. The largest absolute Gasteiger partial charge is 0.474 e. The number of aromatic nitrogens is 1. The summed E-state index contributed by atoms with van der Waals surface area (Å²) in [6, 6.07) is 4.10. The third-order valence-electron chi connectivity index (χ3n) is 6.39. The van der Waals surface area contributed by atoms with Crippen molar-refractivity contribution in [3.63, 3.8) is 0 Å². The molecule has 5 heteroatoms. The maximum Gasteiger partial charge on any atom is 0.464 e. The Morgan fingerprint density at radius 2 is 1.72 bits per heavy atom. The summed E-state index contributed by atoms with van der Waals surface area (Å²) in [6.07, 6.45) is 7.19. The number of aryl methyl sites for hydroxylation is 1. The molecule has 0 amide bonds. The minimum absolute atomic E-state index is 0.0452. The molecule has 3 rings (SSSR count). The van der Waals surface area contributed by atoms with Crippen LogP contribution in [0.4, 0.5) is 0 Å². The summed E-state index contributed by atoms with van der Waals surface area (Å²) < 4.78 is 18.8. The molecular weight excluding hydrogens is 313 g/mol. The molecule has 2 aliphatic rings. The third-order valence-corrected chi connectivity index (χ3v) is 6.39. The Bertz CT molecular complexity index is 593. The van der Waals surface area contributed by atoms with Crippen LogP contribution in [0, 0.1) is 0 Å². The summed E-state index contributed by atoms with van der Waals surface area (Å²) in [5, 5.41) is 0.0452. The van der Waals surface area contributed by atoms with Gasteiger partial charge in [0.2, 0.25) is 5.88 Å². The van der Waals surface area contributed by atoms with Gasteiger partial charge in [0.15, 0.2) is 0 Å². The van der Waals surface area contributed by atoms with Gasteiger partial charge in [0, 0.05) is 17.6 Å². The van der Waals surface area contributed by atoms with E-state index in [1.807, 2.05) is 12.3 Å². The highest BCUT2D eigenvalue weighted by Crippen LogP contribution is 2.52. The van der Waals surface area contributed by atoms with Crippen LogP contribution < -0.4 is 4.74 Å². The van der Waals surface area contributed by atoms with Gasteiger partial charge in [-0.15, -0.1) is 0 Å². The zero-order chi connectivity index (χ0) is 18.3. The maximum absolute atomic E-state index is 6.31. The lowest BCUT2D eigenvalue weighted by molar-refractivity contribution is 0.00578. The topological polar surface area (TPSA) is 40.6 Å². The second-order valence-electron chi connectivity index (χ2n) is 8.92.